The lowest BCUT2D eigenvalue weighted by molar-refractivity contribution is -0.274. The second-order valence-corrected chi connectivity index (χ2v) is 9.57. The fraction of sp³-hybridized carbons (Fsp3) is 0.179. The maximum Gasteiger partial charge on any atom is 0.573 e. The molecule has 0 bridgehead atoms. The van der Waals surface area contributed by atoms with Crippen LogP contribution in [0.5, 0.6) is 5.75 Å². The average Bonchev–Trinajstić information content (AvgIpc) is 3.18. The lowest BCUT2D eigenvalue weighted by atomic mass is 10.0. The second-order valence-electron chi connectivity index (χ2n) is 8.63. The first-order valence-electron chi connectivity index (χ1n) is 11.7. The zero-order valence-corrected chi connectivity index (χ0v) is 21.3. The van der Waals surface area contributed by atoms with Crippen molar-refractivity contribution >= 4 is 46.2 Å². The van der Waals surface area contributed by atoms with E-state index in [9.17, 15) is 22.8 Å². The number of thioether (sulfide) groups is 1. The summed E-state index contributed by atoms with van der Waals surface area (Å²) >= 11 is 1.08. The molecule has 0 unspecified atom stereocenters. The van der Waals surface area contributed by atoms with Crippen molar-refractivity contribution in [2.45, 2.75) is 26.1 Å². The SMILES string of the molecule is CC(C)c1ccc(C=C2N=C(SCC(=O)Nc3ccc(OC(F)(F)F)cc3)N(c3ccccc3)C2=O)cc1. The molecule has 0 saturated heterocycles. The third-order valence-corrected chi connectivity index (χ3v) is 6.39. The van der Waals surface area contributed by atoms with Gasteiger partial charge >= 0.3 is 6.36 Å². The van der Waals surface area contributed by atoms with Gasteiger partial charge in [-0.3, -0.25) is 14.5 Å². The molecule has 3 aromatic carbocycles. The minimum absolute atomic E-state index is 0.0768. The minimum Gasteiger partial charge on any atom is -0.406 e. The molecule has 0 radical (unpaired) electrons. The Labute approximate surface area is 222 Å². The zero-order chi connectivity index (χ0) is 27.3. The summed E-state index contributed by atoms with van der Waals surface area (Å²) in [4.78, 5) is 31.8. The third kappa shape index (κ3) is 7.04. The van der Waals surface area contributed by atoms with Gasteiger partial charge in [-0.1, -0.05) is 68.1 Å². The number of nitrogens with one attached hydrogen (secondary N) is 1. The Kier molecular flexibility index (Phi) is 8.21. The number of hydrogen-bond donors (Lipinski definition) is 1. The Bertz CT molecular complexity index is 1350. The monoisotopic (exact) mass is 539 g/mol. The lowest BCUT2D eigenvalue weighted by Gasteiger charge is -2.17. The molecule has 1 aliphatic heterocycles. The molecule has 0 aromatic heterocycles. The molecule has 6 nitrogen and oxygen atoms in total. The molecule has 4 rings (SSSR count). The van der Waals surface area contributed by atoms with Crippen LogP contribution in [-0.4, -0.2) is 29.1 Å². The van der Waals surface area contributed by atoms with Gasteiger partial charge in [0.25, 0.3) is 5.91 Å². The van der Waals surface area contributed by atoms with E-state index in [0.717, 1.165) is 29.5 Å². The van der Waals surface area contributed by atoms with Crippen LogP contribution in [0.3, 0.4) is 0 Å². The number of halogens is 3. The van der Waals surface area contributed by atoms with Gasteiger partial charge in [-0.15, -0.1) is 13.2 Å². The molecule has 38 heavy (non-hydrogen) atoms. The minimum atomic E-state index is -4.80. The maximum absolute atomic E-state index is 13.3. The number of aliphatic imine (C=N–C) groups is 1. The summed E-state index contributed by atoms with van der Waals surface area (Å²) in [6.07, 6.45) is -3.09. The third-order valence-electron chi connectivity index (χ3n) is 5.45. The number of benzene rings is 3. The molecule has 0 saturated carbocycles. The number of anilines is 2. The molecule has 0 aliphatic carbocycles. The lowest BCUT2D eigenvalue weighted by Crippen LogP contribution is -2.31. The summed E-state index contributed by atoms with van der Waals surface area (Å²) in [5.41, 5.74) is 3.18. The number of carbonyl (C=O) groups excluding carboxylic acids is 2. The van der Waals surface area contributed by atoms with Crippen molar-refractivity contribution < 1.29 is 27.5 Å². The van der Waals surface area contributed by atoms with Crippen molar-refractivity contribution in [3.63, 3.8) is 0 Å². The molecule has 10 heteroatoms. The Morgan fingerprint density at radius 2 is 1.68 bits per heavy atom. The van der Waals surface area contributed by atoms with Crippen LogP contribution in [0.15, 0.2) is 89.6 Å². The molecule has 1 N–H and O–H groups in total. The number of hydrogen-bond acceptors (Lipinski definition) is 5. The summed E-state index contributed by atoms with van der Waals surface area (Å²) in [6.45, 7) is 4.21. The predicted octanol–water partition coefficient (Wildman–Crippen LogP) is 6.82. The molecule has 1 aliphatic rings. The van der Waals surface area contributed by atoms with Gasteiger partial charge in [-0.05, 0) is 59.5 Å². The Hall–Kier alpha value is -4.05. The van der Waals surface area contributed by atoms with E-state index in [2.05, 4.69) is 28.9 Å². The fourth-order valence-electron chi connectivity index (χ4n) is 3.60. The number of nitrogens with zero attached hydrogens (tertiary/aromatic N) is 2. The first-order chi connectivity index (χ1) is 18.1. The van der Waals surface area contributed by atoms with Gasteiger partial charge in [0, 0.05) is 5.69 Å². The molecule has 0 fully saturated rings. The molecule has 0 spiro atoms. The van der Waals surface area contributed by atoms with E-state index in [1.807, 2.05) is 30.3 Å². The van der Waals surface area contributed by atoms with Crippen LogP contribution in [0.1, 0.15) is 30.9 Å². The van der Waals surface area contributed by atoms with Crippen LogP contribution in [0.4, 0.5) is 24.5 Å². The molecule has 1 heterocycles. The smallest absolute Gasteiger partial charge is 0.406 e. The van der Waals surface area contributed by atoms with Crippen LogP contribution in [0, 0.1) is 0 Å². The summed E-state index contributed by atoms with van der Waals surface area (Å²) < 4.78 is 40.9. The molecule has 3 aromatic rings. The number of para-hydroxylation sites is 1. The number of alkyl halides is 3. The van der Waals surface area contributed by atoms with E-state index >= 15 is 0 Å². The van der Waals surface area contributed by atoms with Crippen LogP contribution >= 0.6 is 11.8 Å². The topological polar surface area (TPSA) is 71.0 Å². The summed E-state index contributed by atoms with van der Waals surface area (Å²) in [6, 6.07) is 21.7. The highest BCUT2D eigenvalue weighted by atomic mass is 32.2. The number of carbonyl (C=O) groups is 2. The fourth-order valence-corrected chi connectivity index (χ4v) is 4.41. The van der Waals surface area contributed by atoms with Crippen molar-refractivity contribution in [2.75, 3.05) is 16.0 Å². The first-order valence-corrected chi connectivity index (χ1v) is 12.7. The van der Waals surface area contributed by atoms with Crippen molar-refractivity contribution in [1.29, 1.82) is 0 Å². The Morgan fingerprint density at radius 1 is 1.03 bits per heavy atom. The summed E-state index contributed by atoms with van der Waals surface area (Å²) in [5, 5.41) is 2.96. The molecule has 196 valence electrons. The van der Waals surface area contributed by atoms with Crippen molar-refractivity contribution in [1.82, 2.24) is 0 Å². The van der Waals surface area contributed by atoms with Crippen LogP contribution in [-0.2, 0) is 9.59 Å². The van der Waals surface area contributed by atoms with E-state index in [4.69, 9.17) is 0 Å². The number of amides is 2. The van der Waals surface area contributed by atoms with E-state index in [1.165, 1.54) is 22.6 Å². The van der Waals surface area contributed by atoms with Crippen LogP contribution < -0.4 is 15.0 Å². The predicted molar refractivity (Wildman–Crippen MR) is 144 cm³/mol. The van der Waals surface area contributed by atoms with Gasteiger partial charge in [0.2, 0.25) is 5.91 Å². The summed E-state index contributed by atoms with van der Waals surface area (Å²) in [7, 11) is 0. The van der Waals surface area contributed by atoms with Crippen LogP contribution in [0.2, 0.25) is 0 Å². The Balaban J connectivity index is 1.48. The van der Waals surface area contributed by atoms with Gasteiger partial charge in [0.05, 0.1) is 11.4 Å². The number of amidine groups is 1. The van der Waals surface area contributed by atoms with Gasteiger partial charge < -0.3 is 10.1 Å². The average molecular weight is 540 g/mol. The van der Waals surface area contributed by atoms with E-state index in [-0.39, 0.29) is 23.1 Å². The van der Waals surface area contributed by atoms with E-state index < -0.39 is 12.3 Å². The Morgan fingerprint density at radius 3 is 2.29 bits per heavy atom. The van der Waals surface area contributed by atoms with E-state index in [1.54, 1.807) is 30.3 Å². The van der Waals surface area contributed by atoms with Gasteiger partial charge in [0.15, 0.2) is 5.17 Å². The molecule has 2 amide bonds. The highest BCUT2D eigenvalue weighted by Crippen LogP contribution is 2.30. The van der Waals surface area contributed by atoms with Gasteiger partial charge in [-0.2, -0.15) is 0 Å². The first kappa shape index (κ1) is 27.0. The van der Waals surface area contributed by atoms with Crippen molar-refractivity contribution in [3.05, 3.63) is 95.7 Å². The highest BCUT2D eigenvalue weighted by Gasteiger charge is 2.33. The number of rotatable bonds is 7. The van der Waals surface area contributed by atoms with Crippen molar-refractivity contribution in [3.8, 4) is 5.75 Å². The largest absolute Gasteiger partial charge is 0.573 e. The zero-order valence-electron chi connectivity index (χ0n) is 20.5. The standard InChI is InChI=1S/C28H24F3N3O3S/c1-18(2)20-10-8-19(9-11-20)16-24-26(36)34(22-6-4-3-5-7-22)27(33-24)38-17-25(35)32-21-12-14-23(15-13-21)37-28(29,30)31/h3-16,18H,17H2,1-2H3,(H,32,35). The summed E-state index contributed by atoms with van der Waals surface area (Å²) in [5.74, 6) is -0.805. The van der Waals surface area contributed by atoms with E-state index in [0.29, 0.717) is 22.5 Å². The molecular weight excluding hydrogens is 515 g/mol. The highest BCUT2D eigenvalue weighted by molar-refractivity contribution is 8.14. The van der Waals surface area contributed by atoms with Crippen molar-refractivity contribution in [2.24, 2.45) is 4.99 Å². The number of ether oxygens (including phenoxy) is 1. The molecular formula is C28H24F3N3O3S. The van der Waals surface area contributed by atoms with Crippen LogP contribution in [0.25, 0.3) is 6.08 Å². The normalized spacial score (nSPS) is 14.7. The quantitative estimate of drug-likeness (QED) is 0.335. The second kappa shape index (κ2) is 11.6. The van der Waals surface area contributed by atoms with Gasteiger partial charge in [-0.25, -0.2) is 4.99 Å². The maximum atomic E-state index is 13.3. The van der Waals surface area contributed by atoms with Gasteiger partial charge in [0.1, 0.15) is 11.4 Å². The molecule has 0 atom stereocenters.